The van der Waals surface area contributed by atoms with Gasteiger partial charge in [-0.2, -0.15) is 0 Å². The molecule has 1 unspecified atom stereocenters. The summed E-state index contributed by atoms with van der Waals surface area (Å²) < 4.78 is 0. The summed E-state index contributed by atoms with van der Waals surface area (Å²) in [6.45, 7) is 7.89. The number of rotatable bonds is 8. The summed E-state index contributed by atoms with van der Waals surface area (Å²) in [5.41, 5.74) is 0. The van der Waals surface area contributed by atoms with Crippen molar-refractivity contribution in [2.24, 2.45) is 5.92 Å². The smallest absolute Gasteiger partial charge is 0.155 e. The van der Waals surface area contributed by atoms with Gasteiger partial charge < -0.3 is 0 Å². The van der Waals surface area contributed by atoms with Crippen molar-refractivity contribution in [3.8, 4) is 0 Å². The quantitative estimate of drug-likeness (QED) is 0.523. The van der Waals surface area contributed by atoms with E-state index in [0.717, 1.165) is 12.3 Å². The van der Waals surface area contributed by atoms with Crippen molar-refractivity contribution in [3.63, 3.8) is 0 Å². The maximum atomic E-state index is 11.0. The highest BCUT2D eigenvalue weighted by Crippen LogP contribution is 2.18. The molecule has 0 bridgehead atoms. The van der Waals surface area contributed by atoms with Crippen molar-refractivity contribution in [3.05, 3.63) is 12.7 Å². The van der Waals surface area contributed by atoms with E-state index in [4.69, 9.17) is 0 Å². The molecule has 76 valence electrons. The normalized spacial score (nSPS) is 12.5. The zero-order valence-corrected chi connectivity index (χ0v) is 9.01. The van der Waals surface area contributed by atoms with E-state index in [1.807, 2.05) is 0 Å². The molecule has 0 aromatic heterocycles. The van der Waals surface area contributed by atoms with E-state index in [1.165, 1.54) is 31.8 Å². The van der Waals surface area contributed by atoms with Gasteiger partial charge in [-0.05, 0) is 18.4 Å². The molecule has 0 spiro atoms. The van der Waals surface area contributed by atoms with Gasteiger partial charge in [0.1, 0.15) is 0 Å². The van der Waals surface area contributed by atoms with Crippen LogP contribution in [0, 0.1) is 5.92 Å². The Balaban J connectivity index is 3.58. The Morgan fingerprint density at radius 1 is 1.38 bits per heavy atom. The highest BCUT2D eigenvalue weighted by molar-refractivity contribution is 5.88. The zero-order chi connectivity index (χ0) is 10.1. The first-order valence-corrected chi connectivity index (χ1v) is 5.39. The average Bonchev–Trinajstić information content (AvgIpc) is 2.17. The first-order chi connectivity index (χ1) is 6.24. The molecule has 0 aliphatic rings. The van der Waals surface area contributed by atoms with Crippen LogP contribution < -0.4 is 0 Å². The Kier molecular flexibility index (Phi) is 7.66. The van der Waals surface area contributed by atoms with Crippen LogP contribution in [0.25, 0.3) is 0 Å². The Bertz CT molecular complexity index is 149. The lowest BCUT2D eigenvalue weighted by atomic mass is 9.93. The number of ketones is 1. The third-order valence-corrected chi connectivity index (χ3v) is 2.57. The zero-order valence-electron chi connectivity index (χ0n) is 9.01. The molecule has 13 heavy (non-hydrogen) atoms. The molecule has 1 heteroatoms. The summed E-state index contributed by atoms with van der Waals surface area (Å²) in [6, 6.07) is 0. The number of hydrogen-bond donors (Lipinski definition) is 0. The third kappa shape index (κ3) is 6.56. The molecule has 0 saturated carbocycles. The molecule has 0 fully saturated rings. The molecule has 0 heterocycles. The molecule has 0 N–H and O–H groups in total. The summed E-state index contributed by atoms with van der Waals surface area (Å²) in [6.07, 6.45) is 8.19. The topological polar surface area (TPSA) is 17.1 Å². The van der Waals surface area contributed by atoms with Crippen molar-refractivity contribution >= 4 is 5.78 Å². The van der Waals surface area contributed by atoms with Gasteiger partial charge in [0.25, 0.3) is 0 Å². The highest BCUT2D eigenvalue weighted by Gasteiger charge is 2.07. The van der Waals surface area contributed by atoms with Gasteiger partial charge in [0.15, 0.2) is 5.78 Å². The molecule has 0 aromatic rings. The lowest BCUT2D eigenvalue weighted by Gasteiger charge is -2.12. The molecule has 0 aliphatic heterocycles. The molecule has 0 amide bonds. The van der Waals surface area contributed by atoms with E-state index >= 15 is 0 Å². The van der Waals surface area contributed by atoms with Gasteiger partial charge in [0, 0.05) is 6.42 Å². The van der Waals surface area contributed by atoms with Gasteiger partial charge in [0.2, 0.25) is 0 Å². The average molecular weight is 182 g/mol. The van der Waals surface area contributed by atoms with Gasteiger partial charge in [-0.1, -0.05) is 46.1 Å². The number of carbonyl (C=O) groups excluding carboxylic acids is 1. The second-order valence-corrected chi connectivity index (χ2v) is 3.63. The molecule has 0 saturated heterocycles. The SMILES string of the molecule is C=CC(=O)CCC(CC)CCCC. The fourth-order valence-corrected chi connectivity index (χ4v) is 1.49. The molecule has 0 radical (unpaired) electrons. The molecular weight excluding hydrogens is 160 g/mol. The van der Waals surface area contributed by atoms with Crippen molar-refractivity contribution in [1.82, 2.24) is 0 Å². The highest BCUT2D eigenvalue weighted by atomic mass is 16.1. The van der Waals surface area contributed by atoms with Gasteiger partial charge in [-0.25, -0.2) is 0 Å². The van der Waals surface area contributed by atoms with E-state index in [0.29, 0.717) is 6.42 Å². The van der Waals surface area contributed by atoms with Crippen LogP contribution >= 0.6 is 0 Å². The minimum absolute atomic E-state index is 0.190. The summed E-state index contributed by atoms with van der Waals surface area (Å²) in [4.78, 5) is 11.0. The Labute approximate surface area is 82.2 Å². The predicted octanol–water partition coefficient (Wildman–Crippen LogP) is 3.74. The first-order valence-electron chi connectivity index (χ1n) is 5.39. The van der Waals surface area contributed by atoms with Crippen LogP contribution in [0.3, 0.4) is 0 Å². The van der Waals surface area contributed by atoms with Crippen LogP contribution in [0.2, 0.25) is 0 Å². The molecular formula is C12H22O. The van der Waals surface area contributed by atoms with Crippen LogP contribution in [0.4, 0.5) is 0 Å². The lowest BCUT2D eigenvalue weighted by Crippen LogP contribution is -2.02. The number of allylic oxidation sites excluding steroid dienone is 1. The van der Waals surface area contributed by atoms with Crippen molar-refractivity contribution in [1.29, 1.82) is 0 Å². The lowest BCUT2D eigenvalue weighted by molar-refractivity contribution is -0.114. The first kappa shape index (κ1) is 12.4. The molecule has 0 rings (SSSR count). The molecule has 1 atom stereocenters. The van der Waals surface area contributed by atoms with Crippen molar-refractivity contribution in [2.45, 2.75) is 52.4 Å². The molecule has 0 aliphatic carbocycles. The fourth-order valence-electron chi connectivity index (χ4n) is 1.49. The second kappa shape index (κ2) is 8.03. The van der Waals surface area contributed by atoms with Crippen LogP contribution in [0.15, 0.2) is 12.7 Å². The largest absolute Gasteiger partial charge is 0.295 e. The summed E-state index contributed by atoms with van der Waals surface area (Å²) in [7, 11) is 0. The Morgan fingerprint density at radius 2 is 2.08 bits per heavy atom. The second-order valence-electron chi connectivity index (χ2n) is 3.63. The van der Waals surface area contributed by atoms with Gasteiger partial charge in [0.05, 0.1) is 0 Å². The van der Waals surface area contributed by atoms with E-state index < -0.39 is 0 Å². The number of carbonyl (C=O) groups is 1. The van der Waals surface area contributed by atoms with Crippen molar-refractivity contribution in [2.75, 3.05) is 0 Å². The molecule has 0 aromatic carbocycles. The van der Waals surface area contributed by atoms with Crippen molar-refractivity contribution < 1.29 is 4.79 Å². The standard InChI is InChI=1S/C12H22O/c1-4-7-8-11(5-2)9-10-12(13)6-3/h6,11H,3-5,7-10H2,1-2H3. The van der Waals surface area contributed by atoms with E-state index in [1.54, 1.807) is 0 Å². The Hall–Kier alpha value is -0.590. The summed E-state index contributed by atoms with van der Waals surface area (Å²) in [5, 5.41) is 0. The van der Waals surface area contributed by atoms with Gasteiger partial charge in [-0.15, -0.1) is 0 Å². The maximum absolute atomic E-state index is 11.0. The monoisotopic (exact) mass is 182 g/mol. The van der Waals surface area contributed by atoms with Gasteiger partial charge in [-0.3, -0.25) is 4.79 Å². The minimum Gasteiger partial charge on any atom is -0.295 e. The van der Waals surface area contributed by atoms with E-state index in [-0.39, 0.29) is 5.78 Å². The van der Waals surface area contributed by atoms with E-state index in [9.17, 15) is 4.79 Å². The van der Waals surface area contributed by atoms with E-state index in [2.05, 4.69) is 20.4 Å². The Morgan fingerprint density at radius 3 is 2.54 bits per heavy atom. The van der Waals surface area contributed by atoms with Crippen LogP contribution in [-0.2, 0) is 4.79 Å². The van der Waals surface area contributed by atoms with Crippen LogP contribution in [-0.4, -0.2) is 5.78 Å². The van der Waals surface area contributed by atoms with Gasteiger partial charge >= 0.3 is 0 Å². The molecule has 1 nitrogen and oxygen atoms in total. The van der Waals surface area contributed by atoms with Crippen LogP contribution in [0.5, 0.6) is 0 Å². The third-order valence-electron chi connectivity index (χ3n) is 2.57. The fraction of sp³-hybridized carbons (Fsp3) is 0.750. The summed E-state index contributed by atoms with van der Waals surface area (Å²) >= 11 is 0. The van der Waals surface area contributed by atoms with Crippen LogP contribution in [0.1, 0.15) is 52.4 Å². The minimum atomic E-state index is 0.190. The summed E-state index contributed by atoms with van der Waals surface area (Å²) in [5.74, 6) is 0.929. The number of unbranched alkanes of at least 4 members (excludes halogenated alkanes) is 1. The maximum Gasteiger partial charge on any atom is 0.155 e. The predicted molar refractivity (Wildman–Crippen MR) is 57.7 cm³/mol. The number of hydrogen-bond acceptors (Lipinski definition) is 1.